The Morgan fingerprint density at radius 1 is 0.703 bits per heavy atom. The lowest BCUT2D eigenvalue weighted by atomic mass is 10.0. The topological polar surface area (TPSA) is 130 Å². The summed E-state index contributed by atoms with van der Waals surface area (Å²) in [6, 6.07) is 20.8. The molecule has 4 rings (SSSR count). The molecule has 4 aromatic carbocycles. The summed E-state index contributed by atoms with van der Waals surface area (Å²) in [5.41, 5.74) is -0.406. The molecule has 37 heavy (non-hydrogen) atoms. The van der Waals surface area contributed by atoms with E-state index < -0.39 is 36.6 Å². The average molecular weight is 579 g/mol. The minimum absolute atomic E-state index is 0.0427. The van der Waals surface area contributed by atoms with Crippen LogP contribution in [-0.4, -0.2) is 21.8 Å². The molecule has 1 radical (unpaired) electrons. The fourth-order valence-corrected chi connectivity index (χ4v) is 5.26. The standard InChI is InChI=1S/C24H14Cl2NO8S2/c25-17-6-12-20(13-7-17)36(30,31)34-19-10-4-16(5-11-19)22-2-1-3-23(27(28)29)24(22)35-37(32,33)21-14-8-18(26)9-15-21/h1,3-15H. The number of nitro groups is 1. The van der Waals surface area contributed by atoms with Crippen LogP contribution in [0.5, 0.6) is 11.5 Å². The zero-order valence-electron chi connectivity index (χ0n) is 18.4. The second kappa shape index (κ2) is 10.4. The lowest BCUT2D eigenvalue weighted by molar-refractivity contribution is -0.385. The number of rotatable bonds is 8. The molecular weight excluding hydrogens is 565 g/mol. The number of nitrogens with zero attached hydrogens (tertiary/aromatic N) is 1. The van der Waals surface area contributed by atoms with E-state index in [9.17, 15) is 26.9 Å². The Morgan fingerprint density at radius 2 is 1.19 bits per heavy atom. The zero-order chi connectivity index (χ0) is 26.8. The van der Waals surface area contributed by atoms with Gasteiger partial charge in [-0.1, -0.05) is 35.3 Å². The van der Waals surface area contributed by atoms with Crippen LogP contribution in [0.3, 0.4) is 0 Å². The zero-order valence-corrected chi connectivity index (χ0v) is 21.5. The van der Waals surface area contributed by atoms with Gasteiger partial charge in [-0.3, -0.25) is 10.1 Å². The van der Waals surface area contributed by atoms with Gasteiger partial charge in [-0.2, -0.15) is 16.8 Å². The third-order valence-corrected chi connectivity index (χ3v) is 7.87. The average Bonchev–Trinajstić information content (AvgIpc) is 2.85. The van der Waals surface area contributed by atoms with Gasteiger partial charge < -0.3 is 8.37 Å². The highest BCUT2D eigenvalue weighted by molar-refractivity contribution is 7.87. The molecule has 0 saturated carbocycles. The van der Waals surface area contributed by atoms with Crippen LogP contribution in [-0.2, 0) is 20.2 Å². The smallest absolute Gasteiger partial charge is 0.339 e. The summed E-state index contributed by atoms with van der Waals surface area (Å²) in [5.74, 6) is -0.620. The van der Waals surface area contributed by atoms with Crippen LogP contribution in [0.4, 0.5) is 5.69 Å². The van der Waals surface area contributed by atoms with Crippen molar-refractivity contribution in [2.24, 2.45) is 0 Å². The maximum atomic E-state index is 12.8. The molecule has 0 unspecified atom stereocenters. The van der Waals surface area contributed by atoms with Crippen LogP contribution < -0.4 is 8.37 Å². The van der Waals surface area contributed by atoms with Crippen molar-refractivity contribution >= 4 is 49.1 Å². The third-order valence-electron chi connectivity index (χ3n) is 4.87. The predicted octanol–water partition coefficient (Wildman–Crippen LogP) is 5.90. The van der Waals surface area contributed by atoms with Crippen molar-refractivity contribution in [2.45, 2.75) is 9.79 Å². The fraction of sp³-hybridized carbons (Fsp3) is 0. The number of nitro benzene ring substituents is 1. The van der Waals surface area contributed by atoms with Gasteiger partial charge in [0.2, 0.25) is 5.75 Å². The molecule has 0 saturated heterocycles. The highest BCUT2D eigenvalue weighted by Gasteiger charge is 2.27. The van der Waals surface area contributed by atoms with Crippen LogP contribution in [0.2, 0.25) is 10.0 Å². The second-order valence-corrected chi connectivity index (χ2v) is 11.3. The van der Waals surface area contributed by atoms with Gasteiger partial charge in [0.1, 0.15) is 15.5 Å². The Bertz CT molecular complexity index is 1670. The SMILES string of the molecule is O=[N+]([O-])c1cc[c]c(-c2ccc(OS(=O)(=O)c3ccc(Cl)cc3)cc2)c1OS(=O)(=O)c1ccc(Cl)cc1. The van der Waals surface area contributed by atoms with Gasteiger partial charge in [-0.25, -0.2) is 0 Å². The number of halogens is 2. The predicted molar refractivity (Wildman–Crippen MR) is 136 cm³/mol. The van der Waals surface area contributed by atoms with Gasteiger partial charge in [0.25, 0.3) is 0 Å². The third kappa shape index (κ3) is 6.03. The first-order chi connectivity index (χ1) is 17.5. The van der Waals surface area contributed by atoms with Crippen LogP contribution >= 0.6 is 23.2 Å². The van der Waals surface area contributed by atoms with Crippen molar-refractivity contribution in [1.82, 2.24) is 0 Å². The van der Waals surface area contributed by atoms with Crippen molar-refractivity contribution in [2.75, 3.05) is 0 Å². The quantitative estimate of drug-likeness (QED) is 0.143. The number of hydrogen-bond acceptors (Lipinski definition) is 8. The van der Waals surface area contributed by atoms with Crippen LogP contribution in [0.15, 0.2) is 94.7 Å². The molecule has 4 aromatic rings. The second-order valence-electron chi connectivity index (χ2n) is 7.33. The maximum Gasteiger partial charge on any atom is 0.339 e. The van der Waals surface area contributed by atoms with Crippen LogP contribution in [0, 0.1) is 16.2 Å². The highest BCUT2D eigenvalue weighted by Crippen LogP contribution is 2.40. The van der Waals surface area contributed by atoms with Crippen LogP contribution in [0.25, 0.3) is 11.1 Å². The first kappa shape index (κ1) is 26.4. The molecule has 0 aliphatic heterocycles. The minimum Gasteiger partial charge on any atom is -0.379 e. The summed E-state index contributed by atoms with van der Waals surface area (Å²) in [6.07, 6.45) is 0. The molecule has 189 valence electrons. The van der Waals surface area contributed by atoms with Crippen molar-refractivity contribution in [3.05, 3.63) is 111 Å². The summed E-state index contributed by atoms with van der Waals surface area (Å²) in [7, 11) is -8.64. The first-order valence-corrected chi connectivity index (χ1v) is 13.7. The molecule has 0 bridgehead atoms. The summed E-state index contributed by atoms with van der Waals surface area (Å²) in [5, 5.41) is 12.3. The Balaban J connectivity index is 1.68. The number of benzene rings is 4. The molecule has 0 spiro atoms. The van der Waals surface area contributed by atoms with Crippen molar-refractivity contribution < 1.29 is 30.1 Å². The van der Waals surface area contributed by atoms with Crippen molar-refractivity contribution in [1.29, 1.82) is 0 Å². The summed E-state index contributed by atoms with van der Waals surface area (Å²) >= 11 is 11.6. The molecule has 0 fully saturated rings. The van der Waals surface area contributed by atoms with Gasteiger partial charge in [0, 0.05) is 21.7 Å². The molecule has 9 nitrogen and oxygen atoms in total. The lowest BCUT2D eigenvalue weighted by Crippen LogP contribution is -2.11. The highest BCUT2D eigenvalue weighted by atomic mass is 35.5. The molecule has 0 N–H and O–H groups in total. The molecule has 0 aliphatic rings. The van der Waals surface area contributed by atoms with E-state index in [2.05, 4.69) is 6.07 Å². The van der Waals surface area contributed by atoms with Gasteiger partial charge in [-0.15, -0.1) is 0 Å². The Kier molecular flexibility index (Phi) is 7.42. The minimum atomic E-state index is -4.48. The van der Waals surface area contributed by atoms with E-state index >= 15 is 0 Å². The first-order valence-electron chi connectivity index (χ1n) is 10.2. The normalized spacial score (nSPS) is 11.6. The molecule has 13 heteroatoms. The Labute approximate surface area is 222 Å². The van der Waals surface area contributed by atoms with Gasteiger partial charge in [-0.05, 0) is 78.4 Å². The van der Waals surface area contributed by atoms with E-state index in [1.807, 2.05) is 0 Å². The molecule has 0 atom stereocenters. The van der Waals surface area contributed by atoms with E-state index in [0.717, 1.165) is 6.07 Å². The van der Waals surface area contributed by atoms with Gasteiger partial charge in [0.15, 0.2) is 0 Å². The van der Waals surface area contributed by atoms with E-state index in [-0.39, 0.29) is 26.7 Å². The molecule has 0 amide bonds. The molecule has 0 aromatic heterocycles. The van der Waals surface area contributed by atoms with Gasteiger partial charge >= 0.3 is 25.9 Å². The Hall–Kier alpha value is -3.64. The summed E-state index contributed by atoms with van der Waals surface area (Å²) < 4.78 is 61.0. The maximum absolute atomic E-state index is 12.8. The van der Waals surface area contributed by atoms with E-state index in [4.69, 9.17) is 31.6 Å². The molecule has 0 heterocycles. The van der Waals surface area contributed by atoms with E-state index in [0.29, 0.717) is 10.0 Å². The van der Waals surface area contributed by atoms with Crippen molar-refractivity contribution in [3.8, 4) is 22.6 Å². The van der Waals surface area contributed by atoms with E-state index in [1.165, 1.54) is 78.9 Å². The monoisotopic (exact) mass is 578 g/mol. The molecule has 0 aliphatic carbocycles. The van der Waals surface area contributed by atoms with Crippen LogP contribution in [0.1, 0.15) is 0 Å². The summed E-state index contributed by atoms with van der Waals surface area (Å²) in [4.78, 5) is 10.5. The Morgan fingerprint density at radius 3 is 1.68 bits per heavy atom. The summed E-state index contributed by atoms with van der Waals surface area (Å²) in [6.45, 7) is 0. The van der Waals surface area contributed by atoms with E-state index in [1.54, 1.807) is 0 Å². The largest absolute Gasteiger partial charge is 0.379 e. The lowest BCUT2D eigenvalue weighted by Gasteiger charge is -2.13. The molecular formula is C24H14Cl2NO8S2. The van der Waals surface area contributed by atoms with Gasteiger partial charge in [0.05, 0.1) is 4.92 Å². The fourth-order valence-electron chi connectivity index (χ4n) is 3.13. The van der Waals surface area contributed by atoms with Crippen molar-refractivity contribution in [3.63, 3.8) is 0 Å². The number of hydrogen-bond donors (Lipinski definition) is 0.